The topological polar surface area (TPSA) is 52.7 Å². The van der Waals surface area contributed by atoms with Crippen molar-refractivity contribution in [1.29, 1.82) is 0 Å². The molecule has 0 aliphatic carbocycles. The lowest BCUT2D eigenvalue weighted by Crippen LogP contribution is -2.44. The van der Waals surface area contributed by atoms with Crippen LogP contribution in [0.25, 0.3) is 0 Å². The number of hydrogen-bond donors (Lipinski definition) is 1. The molecule has 2 heterocycles. The molecule has 142 valence electrons. The highest BCUT2D eigenvalue weighted by Gasteiger charge is 2.29. The minimum absolute atomic E-state index is 0.0824. The van der Waals surface area contributed by atoms with E-state index >= 15 is 0 Å². The van der Waals surface area contributed by atoms with Gasteiger partial charge in [-0.1, -0.05) is 25.0 Å². The highest BCUT2D eigenvalue weighted by atomic mass is 19.1. The number of amides is 2. The molecule has 2 fully saturated rings. The Bertz CT molecular complexity index is 621. The first-order valence-electron chi connectivity index (χ1n) is 9.69. The first kappa shape index (κ1) is 18.8. The Morgan fingerprint density at radius 2 is 1.65 bits per heavy atom. The molecule has 0 spiro atoms. The Morgan fingerprint density at radius 3 is 2.31 bits per heavy atom. The fourth-order valence-electron chi connectivity index (χ4n) is 3.84. The summed E-state index contributed by atoms with van der Waals surface area (Å²) in [4.78, 5) is 28.9. The summed E-state index contributed by atoms with van der Waals surface area (Å²) in [5.41, 5.74) is 0.212. The summed E-state index contributed by atoms with van der Waals surface area (Å²) in [7, 11) is 0. The van der Waals surface area contributed by atoms with Crippen LogP contribution in [0, 0.1) is 11.7 Å². The van der Waals surface area contributed by atoms with Crippen molar-refractivity contribution in [3.05, 3.63) is 30.1 Å². The standard InChI is InChI=1S/C20H28FN3O2/c21-17-7-3-4-8-18(17)22-19(25)15-23-13-9-16(10-14-23)20(26)24-11-5-1-2-6-12-24/h3-4,7-8,16H,1-2,5-6,9-15H2,(H,22,25). The van der Waals surface area contributed by atoms with E-state index in [9.17, 15) is 14.0 Å². The molecule has 0 atom stereocenters. The smallest absolute Gasteiger partial charge is 0.238 e. The van der Waals surface area contributed by atoms with Crippen molar-refractivity contribution in [2.45, 2.75) is 38.5 Å². The molecule has 2 amide bonds. The van der Waals surface area contributed by atoms with E-state index < -0.39 is 5.82 Å². The molecular weight excluding hydrogens is 333 g/mol. The number of rotatable bonds is 4. The second-order valence-electron chi connectivity index (χ2n) is 7.32. The lowest BCUT2D eigenvalue weighted by Gasteiger charge is -2.33. The molecule has 26 heavy (non-hydrogen) atoms. The van der Waals surface area contributed by atoms with Crippen LogP contribution in [0.15, 0.2) is 24.3 Å². The molecule has 0 saturated carbocycles. The van der Waals surface area contributed by atoms with Crippen molar-refractivity contribution in [3.8, 4) is 0 Å². The van der Waals surface area contributed by atoms with E-state index in [1.54, 1.807) is 18.2 Å². The van der Waals surface area contributed by atoms with E-state index in [1.807, 2.05) is 9.80 Å². The highest BCUT2D eigenvalue weighted by Crippen LogP contribution is 2.22. The third-order valence-corrected chi connectivity index (χ3v) is 5.37. The van der Waals surface area contributed by atoms with Crippen LogP contribution in [0.5, 0.6) is 0 Å². The molecule has 2 aliphatic rings. The number of benzene rings is 1. The van der Waals surface area contributed by atoms with Gasteiger partial charge in [-0.25, -0.2) is 4.39 Å². The minimum atomic E-state index is -0.428. The van der Waals surface area contributed by atoms with Gasteiger partial charge in [0.15, 0.2) is 0 Å². The Kier molecular flexibility index (Phi) is 6.61. The third-order valence-electron chi connectivity index (χ3n) is 5.37. The molecule has 1 N–H and O–H groups in total. The predicted molar refractivity (Wildman–Crippen MR) is 99.2 cm³/mol. The van der Waals surface area contributed by atoms with Crippen molar-refractivity contribution in [1.82, 2.24) is 9.80 Å². The molecule has 1 aromatic carbocycles. The summed E-state index contributed by atoms with van der Waals surface area (Å²) < 4.78 is 13.6. The molecule has 0 aromatic heterocycles. The van der Waals surface area contributed by atoms with Crippen LogP contribution in [-0.2, 0) is 9.59 Å². The fraction of sp³-hybridized carbons (Fsp3) is 0.600. The zero-order valence-corrected chi connectivity index (χ0v) is 15.3. The second-order valence-corrected chi connectivity index (χ2v) is 7.32. The van der Waals surface area contributed by atoms with E-state index in [0.29, 0.717) is 5.91 Å². The number of hydrogen-bond acceptors (Lipinski definition) is 3. The van der Waals surface area contributed by atoms with Crippen molar-refractivity contribution in [3.63, 3.8) is 0 Å². The number of carbonyl (C=O) groups is 2. The van der Waals surface area contributed by atoms with E-state index in [0.717, 1.165) is 51.9 Å². The number of carbonyl (C=O) groups excluding carboxylic acids is 2. The molecule has 5 nitrogen and oxygen atoms in total. The van der Waals surface area contributed by atoms with Gasteiger partial charge in [0, 0.05) is 19.0 Å². The molecule has 0 radical (unpaired) electrons. The summed E-state index contributed by atoms with van der Waals surface area (Å²) >= 11 is 0. The first-order chi connectivity index (χ1) is 12.6. The monoisotopic (exact) mass is 361 g/mol. The van der Waals surface area contributed by atoms with Gasteiger partial charge in [0.2, 0.25) is 11.8 Å². The summed E-state index contributed by atoms with van der Waals surface area (Å²) in [6.07, 6.45) is 6.25. The van der Waals surface area contributed by atoms with Crippen LogP contribution in [0.1, 0.15) is 38.5 Å². The van der Waals surface area contributed by atoms with Crippen LogP contribution in [-0.4, -0.2) is 54.3 Å². The number of halogens is 1. The van der Waals surface area contributed by atoms with Gasteiger partial charge >= 0.3 is 0 Å². The van der Waals surface area contributed by atoms with E-state index in [2.05, 4.69) is 5.32 Å². The lowest BCUT2D eigenvalue weighted by atomic mass is 9.95. The molecule has 2 saturated heterocycles. The Hall–Kier alpha value is -1.95. The molecule has 6 heteroatoms. The number of para-hydroxylation sites is 1. The maximum Gasteiger partial charge on any atom is 0.238 e. The SMILES string of the molecule is O=C(CN1CCC(C(=O)N2CCCCCC2)CC1)Nc1ccccc1F. The predicted octanol–water partition coefficient (Wildman–Crippen LogP) is 2.88. The van der Waals surface area contributed by atoms with Gasteiger partial charge in [0.05, 0.1) is 12.2 Å². The summed E-state index contributed by atoms with van der Waals surface area (Å²) in [6.45, 7) is 3.48. The van der Waals surface area contributed by atoms with Crippen molar-refractivity contribution >= 4 is 17.5 Å². The van der Waals surface area contributed by atoms with E-state index in [4.69, 9.17) is 0 Å². The highest BCUT2D eigenvalue weighted by molar-refractivity contribution is 5.92. The summed E-state index contributed by atoms with van der Waals surface area (Å²) in [5.74, 6) is -0.267. The van der Waals surface area contributed by atoms with Crippen LogP contribution >= 0.6 is 0 Å². The van der Waals surface area contributed by atoms with Crippen LogP contribution < -0.4 is 5.32 Å². The van der Waals surface area contributed by atoms with Crippen LogP contribution in [0.4, 0.5) is 10.1 Å². The molecule has 3 rings (SSSR count). The molecule has 0 unspecified atom stereocenters. The number of nitrogens with one attached hydrogen (secondary N) is 1. The quantitative estimate of drug-likeness (QED) is 0.897. The maximum atomic E-state index is 13.6. The number of likely N-dealkylation sites (tertiary alicyclic amines) is 2. The van der Waals surface area contributed by atoms with Gasteiger partial charge in [0.1, 0.15) is 5.82 Å². The molecular formula is C20H28FN3O2. The largest absolute Gasteiger partial charge is 0.342 e. The van der Waals surface area contributed by atoms with Gasteiger partial charge in [0.25, 0.3) is 0 Å². The summed E-state index contributed by atoms with van der Waals surface area (Å²) in [5, 5.41) is 2.62. The average molecular weight is 361 g/mol. The van der Waals surface area contributed by atoms with Gasteiger partial charge in [-0.2, -0.15) is 0 Å². The van der Waals surface area contributed by atoms with E-state index in [-0.39, 0.29) is 24.1 Å². The number of anilines is 1. The van der Waals surface area contributed by atoms with Crippen LogP contribution in [0.3, 0.4) is 0 Å². The van der Waals surface area contributed by atoms with E-state index in [1.165, 1.54) is 18.9 Å². The van der Waals surface area contributed by atoms with Gasteiger partial charge in [-0.05, 0) is 50.9 Å². The van der Waals surface area contributed by atoms with Gasteiger partial charge in [-0.3, -0.25) is 14.5 Å². The van der Waals surface area contributed by atoms with Crippen molar-refractivity contribution < 1.29 is 14.0 Å². The van der Waals surface area contributed by atoms with Gasteiger partial charge in [-0.15, -0.1) is 0 Å². The first-order valence-corrected chi connectivity index (χ1v) is 9.69. The zero-order valence-electron chi connectivity index (χ0n) is 15.3. The molecule has 2 aliphatic heterocycles. The third kappa shape index (κ3) is 5.04. The Balaban J connectivity index is 1.44. The summed E-state index contributed by atoms with van der Waals surface area (Å²) in [6, 6.07) is 6.17. The van der Waals surface area contributed by atoms with Gasteiger partial charge < -0.3 is 10.2 Å². The normalized spacial score (nSPS) is 19.8. The minimum Gasteiger partial charge on any atom is -0.342 e. The zero-order chi connectivity index (χ0) is 18.4. The average Bonchev–Trinajstić information content (AvgIpc) is 2.93. The molecule has 1 aromatic rings. The number of piperidine rings is 1. The second kappa shape index (κ2) is 9.12. The lowest BCUT2D eigenvalue weighted by molar-refractivity contribution is -0.137. The van der Waals surface area contributed by atoms with Crippen molar-refractivity contribution in [2.75, 3.05) is 38.0 Å². The maximum absolute atomic E-state index is 13.6. The Morgan fingerprint density at radius 1 is 1.00 bits per heavy atom. The molecule has 0 bridgehead atoms. The number of nitrogens with zero attached hydrogens (tertiary/aromatic N) is 2. The van der Waals surface area contributed by atoms with Crippen molar-refractivity contribution in [2.24, 2.45) is 5.92 Å². The van der Waals surface area contributed by atoms with Crippen LogP contribution in [0.2, 0.25) is 0 Å². The fourth-order valence-corrected chi connectivity index (χ4v) is 3.84. The Labute approximate surface area is 154 Å².